The Balaban J connectivity index is 1.82. The molecule has 1 aromatic heterocycles. The molecule has 1 heterocycles. The van der Waals surface area contributed by atoms with Crippen LogP contribution >= 0.6 is 11.6 Å². The van der Waals surface area contributed by atoms with Gasteiger partial charge in [0.25, 0.3) is 0 Å². The number of hydrogen-bond acceptors (Lipinski definition) is 3. The Morgan fingerprint density at radius 1 is 1.21 bits per heavy atom. The fraction of sp³-hybridized carbons (Fsp3) is 0.250. The standard InChI is InChI=1S/C16H15ClF3N3O/c17-13-5-4-11(16(18,19)20)9-14(13)22-8-6-15(24)23-10-12-3-1-2-7-21-12/h1-5,7,9,22H,6,8,10H2,(H,23,24). The molecular weight excluding hydrogens is 343 g/mol. The number of alkyl halides is 3. The van der Waals surface area contributed by atoms with Crippen LogP contribution in [0.15, 0.2) is 42.6 Å². The lowest BCUT2D eigenvalue weighted by molar-refractivity contribution is -0.137. The number of halogens is 4. The van der Waals surface area contributed by atoms with E-state index >= 15 is 0 Å². The number of amides is 1. The number of nitrogens with one attached hydrogen (secondary N) is 2. The summed E-state index contributed by atoms with van der Waals surface area (Å²) in [4.78, 5) is 15.8. The van der Waals surface area contributed by atoms with E-state index in [1.807, 2.05) is 6.07 Å². The minimum Gasteiger partial charge on any atom is -0.383 e. The predicted molar refractivity (Wildman–Crippen MR) is 85.6 cm³/mol. The van der Waals surface area contributed by atoms with Gasteiger partial charge in [0.05, 0.1) is 28.5 Å². The van der Waals surface area contributed by atoms with Gasteiger partial charge in [-0.2, -0.15) is 13.2 Å². The molecule has 128 valence electrons. The zero-order valence-electron chi connectivity index (χ0n) is 12.5. The molecule has 0 aliphatic rings. The van der Waals surface area contributed by atoms with Crippen molar-refractivity contribution in [1.29, 1.82) is 0 Å². The molecule has 2 rings (SSSR count). The van der Waals surface area contributed by atoms with Crippen molar-refractivity contribution in [3.8, 4) is 0 Å². The average molecular weight is 358 g/mol. The fourth-order valence-electron chi connectivity index (χ4n) is 1.93. The number of aromatic nitrogens is 1. The Hall–Kier alpha value is -2.28. The SMILES string of the molecule is O=C(CCNc1cc(C(F)(F)F)ccc1Cl)NCc1ccccn1. The lowest BCUT2D eigenvalue weighted by Gasteiger charge is -2.12. The second-order valence-corrected chi connectivity index (χ2v) is 5.37. The number of pyridine rings is 1. The molecular formula is C16H15ClF3N3O. The minimum atomic E-state index is -4.44. The third kappa shape index (κ3) is 5.42. The largest absolute Gasteiger partial charge is 0.416 e. The second-order valence-electron chi connectivity index (χ2n) is 4.97. The van der Waals surface area contributed by atoms with Gasteiger partial charge in [-0.25, -0.2) is 0 Å². The van der Waals surface area contributed by atoms with Gasteiger partial charge < -0.3 is 10.6 Å². The van der Waals surface area contributed by atoms with Gasteiger partial charge in [0, 0.05) is 19.2 Å². The van der Waals surface area contributed by atoms with Crippen molar-refractivity contribution in [3.63, 3.8) is 0 Å². The summed E-state index contributed by atoms with van der Waals surface area (Å²) in [7, 11) is 0. The highest BCUT2D eigenvalue weighted by atomic mass is 35.5. The van der Waals surface area contributed by atoms with Gasteiger partial charge in [0.1, 0.15) is 0 Å². The van der Waals surface area contributed by atoms with Crippen LogP contribution in [0.1, 0.15) is 17.7 Å². The molecule has 0 saturated carbocycles. The molecule has 0 aliphatic heterocycles. The summed E-state index contributed by atoms with van der Waals surface area (Å²) >= 11 is 5.86. The van der Waals surface area contributed by atoms with Crippen molar-refractivity contribution in [2.75, 3.05) is 11.9 Å². The molecule has 0 bridgehead atoms. The van der Waals surface area contributed by atoms with Gasteiger partial charge in [-0.1, -0.05) is 17.7 Å². The normalized spacial score (nSPS) is 11.2. The van der Waals surface area contributed by atoms with Gasteiger partial charge in [-0.3, -0.25) is 9.78 Å². The third-order valence-electron chi connectivity index (χ3n) is 3.15. The zero-order chi connectivity index (χ0) is 17.6. The molecule has 0 aliphatic carbocycles. The smallest absolute Gasteiger partial charge is 0.383 e. The summed E-state index contributed by atoms with van der Waals surface area (Å²) in [5.41, 5.74) is 0.0674. The Morgan fingerprint density at radius 3 is 2.67 bits per heavy atom. The number of rotatable bonds is 6. The van der Waals surface area contributed by atoms with Crippen LogP contribution in [-0.4, -0.2) is 17.4 Å². The molecule has 0 fully saturated rings. The first-order chi connectivity index (χ1) is 11.4. The molecule has 0 atom stereocenters. The first-order valence-corrected chi connectivity index (χ1v) is 7.51. The van der Waals surface area contributed by atoms with Gasteiger partial charge in [-0.05, 0) is 30.3 Å². The monoisotopic (exact) mass is 357 g/mol. The van der Waals surface area contributed by atoms with Crippen molar-refractivity contribution < 1.29 is 18.0 Å². The van der Waals surface area contributed by atoms with Crippen LogP contribution in [0.4, 0.5) is 18.9 Å². The summed E-state index contributed by atoms with van der Waals surface area (Å²) in [6, 6.07) is 8.37. The Bertz CT molecular complexity index is 693. The first-order valence-electron chi connectivity index (χ1n) is 7.13. The number of benzene rings is 1. The quantitative estimate of drug-likeness (QED) is 0.825. The van der Waals surface area contributed by atoms with Crippen LogP contribution in [0.25, 0.3) is 0 Å². The topological polar surface area (TPSA) is 54.0 Å². The van der Waals surface area contributed by atoms with Crippen LogP contribution in [0.2, 0.25) is 5.02 Å². The van der Waals surface area contributed by atoms with E-state index in [-0.39, 0.29) is 29.6 Å². The van der Waals surface area contributed by atoms with Crippen LogP contribution in [0, 0.1) is 0 Å². The first kappa shape index (κ1) is 18.1. The maximum absolute atomic E-state index is 12.7. The second kappa shape index (κ2) is 8.01. The van der Waals surface area contributed by atoms with Gasteiger partial charge >= 0.3 is 6.18 Å². The van der Waals surface area contributed by atoms with E-state index in [4.69, 9.17) is 11.6 Å². The summed E-state index contributed by atoms with van der Waals surface area (Å²) in [5.74, 6) is -0.240. The van der Waals surface area contributed by atoms with E-state index in [1.165, 1.54) is 6.07 Å². The van der Waals surface area contributed by atoms with Crippen LogP contribution in [-0.2, 0) is 17.5 Å². The van der Waals surface area contributed by atoms with Gasteiger partial charge in [-0.15, -0.1) is 0 Å². The van der Waals surface area contributed by atoms with E-state index < -0.39 is 11.7 Å². The van der Waals surface area contributed by atoms with Crippen molar-refractivity contribution in [2.24, 2.45) is 0 Å². The van der Waals surface area contributed by atoms with E-state index in [1.54, 1.807) is 18.3 Å². The molecule has 1 aromatic carbocycles. The summed E-state index contributed by atoms with van der Waals surface area (Å²) < 4.78 is 38.0. The molecule has 2 aromatic rings. The number of hydrogen-bond donors (Lipinski definition) is 2. The van der Waals surface area contributed by atoms with Crippen LogP contribution in [0.5, 0.6) is 0 Å². The van der Waals surface area contributed by atoms with Crippen molar-refractivity contribution in [2.45, 2.75) is 19.1 Å². The zero-order valence-corrected chi connectivity index (χ0v) is 13.3. The highest BCUT2D eigenvalue weighted by Gasteiger charge is 2.30. The average Bonchev–Trinajstić information content (AvgIpc) is 2.54. The lowest BCUT2D eigenvalue weighted by atomic mass is 10.2. The maximum atomic E-state index is 12.7. The van der Waals surface area contributed by atoms with Crippen molar-refractivity contribution in [3.05, 3.63) is 58.9 Å². The van der Waals surface area contributed by atoms with Crippen LogP contribution in [0.3, 0.4) is 0 Å². The lowest BCUT2D eigenvalue weighted by Crippen LogP contribution is -2.25. The van der Waals surface area contributed by atoms with Gasteiger partial charge in [0.15, 0.2) is 0 Å². The maximum Gasteiger partial charge on any atom is 0.416 e. The van der Waals surface area contributed by atoms with Crippen molar-refractivity contribution in [1.82, 2.24) is 10.3 Å². The van der Waals surface area contributed by atoms with E-state index in [0.29, 0.717) is 6.54 Å². The highest BCUT2D eigenvalue weighted by Crippen LogP contribution is 2.33. The summed E-state index contributed by atoms with van der Waals surface area (Å²) in [5, 5.41) is 5.59. The minimum absolute atomic E-state index is 0.0966. The van der Waals surface area contributed by atoms with E-state index in [2.05, 4.69) is 15.6 Å². The summed E-state index contributed by atoms with van der Waals surface area (Å²) in [6.07, 6.45) is -2.72. The van der Waals surface area contributed by atoms with Crippen LogP contribution < -0.4 is 10.6 Å². The molecule has 4 nitrogen and oxygen atoms in total. The molecule has 0 spiro atoms. The number of anilines is 1. The molecule has 8 heteroatoms. The number of nitrogens with zero attached hydrogens (tertiary/aromatic N) is 1. The van der Waals surface area contributed by atoms with E-state index in [0.717, 1.165) is 17.8 Å². The molecule has 24 heavy (non-hydrogen) atoms. The molecule has 0 radical (unpaired) electrons. The molecule has 1 amide bonds. The Morgan fingerprint density at radius 2 is 2.00 bits per heavy atom. The van der Waals surface area contributed by atoms with Gasteiger partial charge in [0.2, 0.25) is 5.91 Å². The Kier molecular flexibility index (Phi) is 6.03. The Labute approximate surface area is 142 Å². The van der Waals surface area contributed by atoms with E-state index in [9.17, 15) is 18.0 Å². The number of carbonyl (C=O) groups is 1. The molecule has 2 N–H and O–H groups in total. The fourth-order valence-corrected chi connectivity index (χ4v) is 2.11. The highest BCUT2D eigenvalue weighted by molar-refractivity contribution is 6.33. The number of carbonyl (C=O) groups excluding carboxylic acids is 1. The molecule has 0 unspecified atom stereocenters. The van der Waals surface area contributed by atoms with Crippen molar-refractivity contribution >= 4 is 23.2 Å². The summed E-state index contributed by atoms with van der Waals surface area (Å²) in [6.45, 7) is 0.457. The third-order valence-corrected chi connectivity index (χ3v) is 3.48. The molecule has 0 saturated heterocycles. The predicted octanol–water partition coefficient (Wildman–Crippen LogP) is 3.87.